The highest BCUT2D eigenvalue weighted by atomic mass is 31.0. The van der Waals surface area contributed by atoms with Crippen LogP contribution in [0.25, 0.3) is 5.57 Å². The quantitative estimate of drug-likeness (QED) is 0.379. The summed E-state index contributed by atoms with van der Waals surface area (Å²) in [4.78, 5) is 15.4. The number of benzene rings is 1. The summed E-state index contributed by atoms with van der Waals surface area (Å²) in [6.07, 6.45) is 0. The molecule has 86 valence electrons. The van der Waals surface area contributed by atoms with Gasteiger partial charge in [0.15, 0.2) is 0 Å². The van der Waals surface area contributed by atoms with E-state index in [1.165, 1.54) is 0 Å². The predicted molar refractivity (Wildman–Crippen MR) is 63.4 cm³/mol. The molecule has 1 unspecified atom stereocenters. The lowest BCUT2D eigenvalue weighted by Crippen LogP contribution is -2.10. The van der Waals surface area contributed by atoms with E-state index in [1.54, 1.807) is 6.92 Å². The smallest absolute Gasteiger partial charge is 0.338 e. The second-order valence-corrected chi connectivity index (χ2v) is 3.38. The van der Waals surface area contributed by atoms with E-state index < -0.39 is 5.97 Å². The van der Waals surface area contributed by atoms with Crippen LogP contribution in [0.1, 0.15) is 12.5 Å². The highest BCUT2D eigenvalue weighted by molar-refractivity contribution is 7.10. The van der Waals surface area contributed by atoms with Crippen LogP contribution < -0.4 is 0 Å². The lowest BCUT2D eigenvalue weighted by molar-refractivity contribution is -0.234. The van der Waals surface area contributed by atoms with Crippen LogP contribution in [0.4, 0.5) is 0 Å². The highest BCUT2D eigenvalue weighted by Crippen LogP contribution is 2.19. The van der Waals surface area contributed by atoms with Crippen LogP contribution in [-0.2, 0) is 14.2 Å². The molecule has 4 nitrogen and oxygen atoms in total. The van der Waals surface area contributed by atoms with E-state index in [4.69, 9.17) is 5.26 Å². The molecule has 0 aliphatic rings. The Morgan fingerprint density at radius 3 is 2.50 bits per heavy atom. The number of rotatable bonds is 4. The van der Waals surface area contributed by atoms with E-state index >= 15 is 0 Å². The van der Waals surface area contributed by atoms with Crippen LogP contribution in [-0.4, -0.2) is 17.8 Å². The van der Waals surface area contributed by atoms with Crippen molar-refractivity contribution in [3.8, 4) is 0 Å². The van der Waals surface area contributed by atoms with Gasteiger partial charge in [0.1, 0.15) is 6.61 Å². The van der Waals surface area contributed by atoms with Gasteiger partial charge in [-0.1, -0.05) is 30.3 Å². The summed E-state index contributed by atoms with van der Waals surface area (Å²) in [6.45, 7) is 1.57. The molecule has 1 N–H and O–H groups in total. The molecule has 0 spiro atoms. The monoisotopic (exact) mass is 240 g/mol. The van der Waals surface area contributed by atoms with Crippen molar-refractivity contribution >= 4 is 21.0 Å². The van der Waals surface area contributed by atoms with Crippen molar-refractivity contribution in [1.29, 1.82) is 0 Å². The third kappa shape index (κ3) is 3.14. The van der Waals surface area contributed by atoms with E-state index in [0.29, 0.717) is 5.57 Å². The average Bonchev–Trinajstić information content (AvgIpc) is 2.35. The molecule has 0 heterocycles. The number of hydrogen-bond donors (Lipinski definition) is 1. The third-order valence-corrected chi connectivity index (χ3v) is 2.44. The fraction of sp³-hybridized carbons (Fsp3) is 0.182. The maximum absolute atomic E-state index is 11.4. The van der Waals surface area contributed by atoms with Crippen molar-refractivity contribution in [2.24, 2.45) is 0 Å². The summed E-state index contributed by atoms with van der Waals surface area (Å²) < 4.78 is 4.54. The summed E-state index contributed by atoms with van der Waals surface area (Å²) >= 11 is 0. The summed E-state index contributed by atoms with van der Waals surface area (Å²) in [7, 11) is 1.87. The van der Waals surface area contributed by atoms with Gasteiger partial charge in [0.05, 0.1) is 15.0 Å². The van der Waals surface area contributed by atoms with Crippen molar-refractivity contribution in [2.45, 2.75) is 6.92 Å². The first-order valence-corrected chi connectivity index (χ1v) is 5.10. The Bertz CT molecular complexity index is 386. The Labute approximate surface area is 96.1 Å². The molecule has 16 heavy (non-hydrogen) atoms. The highest BCUT2D eigenvalue weighted by Gasteiger charge is 2.14. The van der Waals surface area contributed by atoms with Crippen molar-refractivity contribution < 1.29 is 19.5 Å². The van der Waals surface area contributed by atoms with Gasteiger partial charge in [-0.2, -0.15) is 0 Å². The molecule has 1 aromatic carbocycles. The molecular formula is C11H13O4P. The SMILES string of the molecule is C/C(=C(\COO)C(=O)OP)c1ccccc1. The summed E-state index contributed by atoms with van der Waals surface area (Å²) in [5.74, 6) is -0.541. The first-order valence-electron chi connectivity index (χ1n) is 4.63. The topological polar surface area (TPSA) is 55.8 Å². The normalized spacial score (nSPS) is 11.9. The van der Waals surface area contributed by atoms with Crippen LogP contribution in [0.15, 0.2) is 35.9 Å². The Morgan fingerprint density at radius 2 is 2.00 bits per heavy atom. The second kappa shape index (κ2) is 6.38. The molecule has 0 saturated carbocycles. The van der Waals surface area contributed by atoms with Crippen LogP contribution in [0.3, 0.4) is 0 Å². The van der Waals surface area contributed by atoms with Gasteiger partial charge in [-0.25, -0.2) is 9.68 Å². The van der Waals surface area contributed by atoms with Crippen LogP contribution in [0.5, 0.6) is 0 Å². The Hall–Kier alpha value is -1.22. The molecule has 1 atom stereocenters. The largest absolute Gasteiger partial charge is 0.448 e. The first-order chi connectivity index (χ1) is 7.70. The zero-order valence-electron chi connectivity index (χ0n) is 8.84. The minimum atomic E-state index is -0.541. The van der Waals surface area contributed by atoms with Crippen molar-refractivity contribution in [2.75, 3.05) is 6.61 Å². The average molecular weight is 240 g/mol. The Kier molecular flexibility index (Phi) is 5.12. The number of hydrogen-bond acceptors (Lipinski definition) is 4. The number of allylic oxidation sites excluding steroid dienone is 1. The second-order valence-electron chi connectivity index (χ2n) is 3.15. The molecule has 0 saturated heterocycles. The molecular weight excluding hydrogens is 227 g/mol. The molecule has 0 aliphatic carbocycles. The van der Waals surface area contributed by atoms with Crippen molar-refractivity contribution in [1.82, 2.24) is 0 Å². The fourth-order valence-corrected chi connectivity index (χ4v) is 1.46. The summed E-state index contributed by atoms with van der Waals surface area (Å²) in [6, 6.07) is 9.34. The molecule has 0 aliphatic heterocycles. The van der Waals surface area contributed by atoms with Crippen LogP contribution in [0.2, 0.25) is 0 Å². The molecule has 0 fully saturated rings. The van der Waals surface area contributed by atoms with Gasteiger partial charge in [-0.05, 0) is 18.1 Å². The summed E-state index contributed by atoms with van der Waals surface area (Å²) in [5.41, 5.74) is 1.87. The predicted octanol–water partition coefficient (Wildman–Crippen LogP) is 2.28. The Morgan fingerprint density at radius 1 is 1.38 bits per heavy atom. The molecule has 0 bridgehead atoms. The maximum Gasteiger partial charge on any atom is 0.338 e. The molecule has 0 amide bonds. The van der Waals surface area contributed by atoms with Crippen LogP contribution in [0, 0.1) is 0 Å². The van der Waals surface area contributed by atoms with Gasteiger partial charge in [-0.3, -0.25) is 5.26 Å². The first kappa shape index (κ1) is 12.8. The van der Waals surface area contributed by atoms with Crippen LogP contribution >= 0.6 is 9.47 Å². The van der Waals surface area contributed by atoms with E-state index in [1.807, 2.05) is 39.8 Å². The van der Waals surface area contributed by atoms with Gasteiger partial charge in [0.25, 0.3) is 0 Å². The van der Waals surface area contributed by atoms with E-state index in [2.05, 4.69) is 9.41 Å². The standard InChI is InChI=1S/C11H13O4P/c1-8(9-5-3-2-4-6-9)10(7-14-13)11(12)15-16/h2-6,13H,7,16H2,1H3/b10-8-. The van der Waals surface area contributed by atoms with Gasteiger partial charge in [0, 0.05) is 0 Å². The van der Waals surface area contributed by atoms with Crippen molar-refractivity contribution in [3.63, 3.8) is 0 Å². The molecule has 0 aromatic heterocycles. The minimum Gasteiger partial charge on any atom is -0.448 e. The van der Waals surface area contributed by atoms with E-state index in [9.17, 15) is 4.79 Å². The summed E-state index contributed by atoms with van der Waals surface area (Å²) in [5, 5.41) is 8.43. The third-order valence-electron chi connectivity index (χ3n) is 2.22. The lowest BCUT2D eigenvalue weighted by atomic mass is 10.0. The molecule has 0 radical (unpaired) electrons. The minimum absolute atomic E-state index is 0.200. The van der Waals surface area contributed by atoms with E-state index in [-0.39, 0.29) is 12.2 Å². The lowest BCUT2D eigenvalue weighted by Gasteiger charge is -2.08. The van der Waals surface area contributed by atoms with Crippen molar-refractivity contribution in [3.05, 3.63) is 41.5 Å². The zero-order chi connectivity index (χ0) is 12.0. The van der Waals surface area contributed by atoms with E-state index in [0.717, 1.165) is 5.56 Å². The molecule has 5 heteroatoms. The molecule has 1 aromatic rings. The Balaban J connectivity index is 3.11. The zero-order valence-corrected chi connectivity index (χ0v) is 10.00. The maximum atomic E-state index is 11.4. The van der Waals surface area contributed by atoms with Gasteiger partial charge < -0.3 is 4.52 Å². The number of carbonyl (C=O) groups excluding carboxylic acids is 1. The van der Waals surface area contributed by atoms with Gasteiger partial charge in [0.2, 0.25) is 0 Å². The fourth-order valence-electron chi connectivity index (χ4n) is 1.32. The van der Waals surface area contributed by atoms with Gasteiger partial charge >= 0.3 is 5.97 Å². The van der Waals surface area contributed by atoms with Gasteiger partial charge in [-0.15, -0.1) is 0 Å². The molecule has 1 rings (SSSR count). The number of carbonyl (C=O) groups is 1.